The monoisotopic (exact) mass is 277 g/mol. The molecular formula is C15H19NO4. The fourth-order valence-corrected chi connectivity index (χ4v) is 1.96. The summed E-state index contributed by atoms with van der Waals surface area (Å²) in [5, 5.41) is 13.1. The van der Waals surface area contributed by atoms with Crippen LogP contribution in [0.2, 0.25) is 0 Å². The summed E-state index contributed by atoms with van der Waals surface area (Å²) in [4.78, 5) is 0. The Kier molecular flexibility index (Phi) is 4.53. The molecule has 0 saturated heterocycles. The van der Waals surface area contributed by atoms with Gasteiger partial charge in [-0.2, -0.15) is 0 Å². The van der Waals surface area contributed by atoms with E-state index in [1.165, 1.54) is 14.2 Å². The predicted octanol–water partition coefficient (Wildman–Crippen LogP) is 2.60. The molecule has 0 saturated carbocycles. The summed E-state index contributed by atoms with van der Waals surface area (Å²) in [5.41, 5.74) is 0.958. The van der Waals surface area contributed by atoms with Crippen molar-refractivity contribution in [3.8, 4) is 17.2 Å². The Morgan fingerprint density at radius 1 is 1.10 bits per heavy atom. The van der Waals surface area contributed by atoms with Gasteiger partial charge in [0.15, 0.2) is 11.5 Å². The Labute approximate surface area is 118 Å². The first kappa shape index (κ1) is 14.3. The third-order valence-corrected chi connectivity index (χ3v) is 2.96. The summed E-state index contributed by atoms with van der Waals surface area (Å²) >= 11 is 0. The molecule has 0 spiro atoms. The summed E-state index contributed by atoms with van der Waals surface area (Å²) in [5.74, 6) is 2.60. The lowest BCUT2D eigenvalue weighted by atomic mass is 10.2. The zero-order chi connectivity index (χ0) is 14.5. The smallest absolute Gasteiger partial charge is 0.200 e. The number of hydrogen-bond donors (Lipinski definition) is 2. The van der Waals surface area contributed by atoms with Gasteiger partial charge in [-0.3, -0.25) is 0 Å². The van der Waals surface area contributed by atoms with Crippen molar-refractivity contribution in [2.75, 3.05) is 14.2 Å². The molecule has 5 nitrogen and oxygen atoms in total. The van der Waals surface area contributed by atoms with Crippen LogP contribution in [0.3, 0.4) is 0 Å². The molecule has 0 aliphatic rings. The van der Waals surface area contributed by atoms with Gasteiger partial charge >= 0.3 is 0 Å². The molecule has 0 atom stereocenters. The summed E-state index contributed by atoms with van der Waals surface area (Å²) in [7, 11) is 3.02. The third kappa shape index (κ3) is 3.24. The highest BCUT2D eigenvalue weighted by molar-refractivity contribution is 5.52. The van der Waals surface area contributed by atoms with Crippen LogP contribution in [-0.4, -0.2) is 19.3 Å². The van der Waals surface area contributed by atoms with E-state index in [1.54, 1.807) is 12.1 Å². The Morgan fingerprint density at radius 3 is 2.25 bits per heavy atom. The molecule has 108 valence electrons. The number of hydrogen-bond acceptors (Lipinski definition) is 5. The first-order valence-electron chi connectivity index (χ1n) is 6.34. The van der Waals surface area contributed by atoms with Crippen LogP contribution in [0.1, 0.15) is 17.1 Å². The maximum Gasteiger partial charge on any atom is 0.200 e. The number of nitrogens with one attached hydrogen (secondary N) is 1. The second-order valence-corrected chi connectivity index (χ2v) is 4.46. The van der Waals surface area contributed by atoms with Gasteiger partial charge in [0.2, 0.25) is 5.75 Å². The molecule has 5 heteroatoms. The normalized spacial score (nSPS) is 10.6. The molecule has 1 heterocycles. The zero-order valence-electron chi connectivity index (χ0n) is 11.9. The lowest BCUT2D eigenvalue weighted by molar-refractivity contribution is 0.339. The fourth-order valence-electron chi connectivity index (χ4n) is 1.96. The molecular weight excluding hydrogens is 258 g/mol. The Hall–Kier alpha value is -2.14. The highest BCUT2D eigenvalue weighted by atomic mass is 16.5. The van der Waals surface area contributed by atoms with Crippen LogP contribution in [0.15, 0.2) is 28.7 Å². The number of methoxy groups -OCH3 is 2. The number of ether oxygens (including phenoxy) is 2. The summed E-state index contributed by atoms with van der Waals surface area (Å²) in [6.07, 6.45) is 0. The van der Waals surface area contributed by atoms with Crippen LogP contribution < -0.4 is 14.8 Å². The van der Waals surface area contributed by atoms with Crippen molar-refractivity contribution < 1.29 is 19.0 Å². The minimum Gasteiger partial charge on any atom is -0.502 e. The predicted molar refractivity (Wildman–Crippen MR) is 75.2 cm³/mol. The van der Waals surface area contributed by atoms with Gasteiger partial charge in [-0.1, -0.05) is 0 Å². The molecule has 0 bridgehead atoms. The molecule has 1 aromatic heterocycles. The summed E-state index contributed by atoms with van der Waals surface area (Å²) in [6.45, 7) is 3.17. The Balaban J connectivity index is 2.02. The van der Waals surface area contributed by atoms with E-state index in [4.69, 9.17) is 13.9 Å². The van der Waals surface area contributed by atoms with Crippen LogP contribution in [0.4, 0.5) is 0 Å². The zero-order valence-corrected chi connectivity index (χ0v) is 11.9. The number of phenols is 1. The third-order valence-electron chi connectivity index (χ3n) is 2.96. The van der Waals surface area contributed by atoms with Crippen molar-refractivity contribution in [3.63, 3.8) is 0 Å². The molecule has 20 heavy (non-hydrogen) atoms. The molecule has 0 amide bonds. The first-order valence-corrected chi connectivity index (χ1v) is 6.34. The van der Waals surface area contributed by atoms with Gasteiger partial charge in [-0.05, 0) is 36.8 Å². The highest BCUT2D eigenvalue weighted by Gasteiger charge is 2.11. The number of aryl methyl sites for hydroxylation is 1. The van der Waals surface area contributed by atoms with Gasteiger partial charge in [-0.15, -0.1) is 0 Å². The van der Waals surface area contributed by atoms with Gasteiger partial charge in [0.25, 0.3) is 0 Å². The summed E-state index contributed by atoms with van der Waals surface area (Å²) < 4.78 is 15.7. The second-order valence-electron chi connectivity index (χ2n) is 4.46. The van der Waals surface area contributed by atoms with Crippen molar-refractivity contribution in [1.29, 1.82) is 0 Å². The van der Waals surface area contributed by atoms with Crippen molar-refractivity contribution in [2.24, 2.45) is 0 Å². The quantitative estimate of drug-likeness (QED) is 0.849. The average molecular weight is 277 g/mol. The molecule has 1 aromatic carbocycles. The maximum absolute atomic E-state index is 9.83. The van der Waals surface area contributed by atoms with E-state index in [0.717, 1.165) is 17.1 Å². The minimum atomic E-state index is 0.0143. The van der Waals surface area contributed by atoms with Gasteiger partial charge in [-0.25, -0.2) is 0 Å². The second kappa shape index (κ2) is 6.34. The number of phenolic OH excluding ortho intramolecular Hbond substituents is 1. The van der Waals surface area contributed by atoms with Crippen LogP contribution >= 0.6 is 0 Å². The van der Waals surface area contributed by atoms with E-state index in [1.807, 2.05) is 19.1 Å². The van der Waals surface area contributed by atoms with Crippen molar-refractivity contribution in [3.05, 3.63) is 41.3 Å². The Bertz CT molecular complexity index is 552. The van der Waals surface area contributed by atoms with E-state index in [0.29, 0.717) is 24.6 Å². The largest absolute Gasteiger partial charge is 0.502 e. The molecule has 0 radical (unpaired) electrons. The van der Waals surface area contributed by atoms with Gasteiger partial charge < -0.3 is 24.3 Å². The molecule has 2 rings (SSSR count). The maximum atomic E-state index is 9.83. The van der Waals surface area contributed by atoms with E-state index < -0.39 is 0 Å². The van der Waals surface area contributed by atoms with Crippen LogP contribution in [0, 0.1) is 6.92 Å². The summed E-state index contributed by atoms with van der Waals surface area (Å²) in [6, 6.07) is 7.43. The van der Waals surface area contributed by atoms with Crippen LogP contribution in [0.25, 0.3) is 0 Å². The lowest BCUT2D eigenvalue weighted by Gasteiger charge is -2.11. The van der Waals surface area contributed by atoms with Gasteiger partial charge in [0, 0.05) is 6.54 Å². The fraction of sp³-hybridized carbons (Fsp3) is 0.333. The highest BCUT2D eigenvalue weighted by Crippen LogP contribution is 2.36. The first-order chi connectivity index (χ1) is 9.63. The van der Waals surface area contributed by atoms with Crippen LogP contribution in [-0.2, 0) is 13.1 Å². The number of furan rings is 1. The minimum absolute atomic E-state index is 0.0143. The number of aromatic hydroxyl groups is 1. The van der Waals surface area contributed by atoms with Crippen molar-refractivity contribution >= 4 is 0 Å². The van der Waals surface area contributed by atoms with Crippen LogP contribution in [0.5, 0.6) is 17.2 Å². The van der Waals surface area contributed by atoms with Gasteiger partial charge in [0.05, 0.1) is 20.8 Å². The van der Waals surface area contributed by atoms with Gasteiger partial charge in [0.1, 0.15) is 11.5 Å². The Morgan fingerprint density at radius 2 is 1.75 bits per heavy atom. The molecule has 0 unspecified atom stereocenters. The van der Waals surface area contributed by atoms with Crippen molar-refractivity contribution in [2.45, 2.75) is 20.0 Å². The molecule has 2 N–H and O–H groups in total. The van der Waals surface area contributed by atoms with Crippen molar-refractivity contribution in [1.82, 2.24) is 5.32 Å². The van der Waals surface area contributed by atoms with E-state index in [-0.39, 0.29) is 5.75 Å². The van der Waals surface area contributed by atoms with E-state index >= 15 is 0 Å². The topological polar surface area (TPSA) is 63.9 Å². The SMILES string of the molecule is COc1cc(CNCc2ccc(C)o2)cc(OC)c1O. The molecule has 0 aliphatic carbocycles. The molecule has 0 aliphatic heterocycles. The van der Waals surface area contributed by atoms with E-state index in [9.17, 15) is 5.11 Å². The number of rotatable bonds is 6. The lowest BCUT2D eigenvalue weighted by Crippen LogP contribution is -2.12. The number of benzene rings is 1. The average Bonchev–Trinajstić information content (AvgIpc) is 2.86. The molecule has 0 fully saturated rings. The standard InChI is InChI=1S/C15H19NO4/c1-10-4-5-12(20-10)9-16-8-11-6-13(18-2)15(17)14(7-11)19-3/h4-7,16-17H,8-9H2,1-3H3. The molecule has 2 aromatic rings. The van der Waals surface area contributed by atoms with E-state index in [2.05, 4.69) is 5.32 Å².